The summed E-state index contributed by atoms with van der Waals surface area (Å²) >= 11 is 0. The maximum Gasteiger partial charge on any atom is 0.221 e. The number of hydrogen-bond donors (Lipinski definition) is 3. The Morgan fingerprint density at radius 3 is 2.62 bits per heavy atom. The van der Waals surface area contributed by atoms with Gasteiger partial charge in [-0.1, -0.05) is 13.8 Å². The molecule has 3 N–H and O–H groups in total. The second kappa shape index (κ2) is 6.86. The van der Waals surface area contributed by atoms with Crippen LogP contribution in [0.2, 0.25) is 0 Å². The molecule has 0 aromatic carbocycles. The predicted octanol–water partition coefficient (Wildman–Crippen LogP) is 0.652. The molecule has 4 heteroatoms. The number of carbonyl (C=O) groups excluding carboxylic acids is 1. The summed E-state index contributed by atoms with van der Waals surface area (Å²) in [6.45, 7) is 5.05. The average Bonchev–Trinajstić information content (AvgIpc) is 2.99. The van der Waals surface area contributed by atoms with Crippen LogP contribution in [0.25, 0.3) is 0 Å². The highest BCUT2D eigenvalue weighted by molar-refractivity contribution is 5.76. The Morgan fingerprint density at radius 1 is 1.44 bits per heavy atom. The van der Waals surface area contributed by atoms with Crippen LogP contribution < -0.4 is 10.6 Å². The molecule has 0 bridgehead atoms. The monoisotopic (exact) mass is 228 g/mol. The molecule has 0 aliphatic heterocycles. The van der Waals surface area contributed by atoms with E-state index < -0.39 is 0 Å². The van der Waals surface area contributed by atoms with Gasteiger partial charge in [-0.25, -0.2) is 0 Å². The van der Waals surface area contributed by atoms with Crippen molar-refractivity contribution in [2.75, 3.05) is 13.2 Å². The first-order valence-electron chi connectivity index (χ1n) is 6.25. The van der Waals surface area contributed by atoms with Gasteiger partial charge >= 0.3 is 0 Å². The molecule has 0 aromatic heterocycles. The van der Waals surface area contributed by atoms with Crippen LogP contribution in [0.1, 0.15) is 39.5 Å². The molecule has 0 saturated heterocycles. The molecule has 16 heavy (non-hydrogen) atoms. The number of aliphatic hydroxyl groups excluding tert-OH is 1. The Kier molecular flexibility index (Phi) is 5.77. The van der Waals surface area contributed by atoms with E-state index in [0.29, 0.717) is 24.9 Å². The van der Waals surface area contributed by atoms with Crippen LogP contribution in [-0.2, 0) is 4.79 Å². The second-order valence-corrected chi connectivity index (χ2v) is 5.05. The fraction of sp³-hybridized carbons (Fsp3) is 0.917. The number of nitrogens with one attached hydrogen (secondary N) is 2. The van der Waals surface area contributed by atoms with E-state index in [2.05, 4.69) is 24.5 Å². The van der Waals surface area contributed by atoms with Gasteiger partial charge in [0, 0.05) is 25.0 Å². The molecular formula is C12H24N2O2. The summed E-state index contributed by atoms with van der Waals surface area (Å²) < 4.78 is 0. The van der Waals surface area contributed by atoms with E-state index in [1.54, 1.807) is 0 Å². The Balaban J connectivity index is 2.04. The number of amides is 1. The second-order valence-electron chi connectivity index (χ2n) is 5.05. The Labute approximate surface area is 97.8 Å². The number of carbonyl (C=O) groups is 1. The lowest BCUT2D eigenvalue weighted by molar-refractivity contribution is -0.121. The fourth-order valence-corrected chi connectivity index (χ4v) is 1.71. The van der Waals surface area contributed by atoms with E-state index >= 15 is 0 Å². The van der Waals surface area contributed by atoms with Crippen LogP contribution in [0, 0.1) is 5.92 Å². The SMILES string of the molecule is CC(C)CC(CO)NCCC(=O)NC1CC1. The van der Waals surface area contributed by atoms with Crippen LogP contribution >= 0.6 is 0 Å². The molecule has 0 radical (unpaired) electrons. The zero-order valence-corrected chi connectivity index (χ0v) is 10.3. The highest BCUT2D eigenvalue weighted by Crippen LogP contribution is 2.18. The van der Waals surface area contributed by atoms with E-state index in [1.807, 2.05) is 0 Å². The smallest absolute Gasteiger partial charge is 0.221 e. The van der Waals surface area contributed by atoms with Gasteiger partial charge in [0.15, 0.2) is 0 Å². The third-order valence-electron chi connectivity index (χ3n) is 2.70. The van der Waals surface area contributed by atoms with Crippen molar-refractivity contribution in [3.8, 4) is 0 Å². The van der Waals surface area contributed by atoms with E-state index in [4.69, 9.17) is 5.11 Å². The Bertz CT molecular complexity index is 215. The topological polar surface area (TPSA) is 61.4 Å². The molecule has 0 aromatic rings. The van der Waals surface area contributed by atoms with Crippen molar-refractivity contribution in [1.29, 1.82) is 0 Å². The summed E-state index contributed by atoms with van der Waals surface area (Å²) in [5.74, 6) is 0.682. The zero-order chi connectivity index (χ0) is 12.0. The van der Waals surface area contributed by atoms with Gasteiger partial charge in [-0.15, -0.1) is 0 Å². The van der Waals surface area contributed by atoms with Crippen molar-refractivity contribution < 1.29 is 9.90 Å². The number of hydrogen-bond acceptors (Lipinski definition) is 3. The molecule has 0 spiro atoms. The first-order valence-corrected chi connectivity index (χ1v) is 6.25. The summed E-state index contributed by atoms with van der Waals surface area (Å²) in [6, 6.07) is 0.561. The molecule has 1 saturated carbocycles. The molecular weight excluding hydrogens is 204 g/mol. The number of aliphatic hydroxyl groups is 1. The zero-order valence-electron chi connectivity index (χ0n) is 10.3. The standard InChI is InChI=1S/C12H24N2O2/c1-9(2)7-11(8-15)13-6-5-12(16)14-10-3-4-10/h9-11,13,15H,3-8H2,1-2H3,(H,14,16). The molecule has 1 atom stereocenters. The molecule has 1 aliphatic rings. The minimum Gasteiger partial charge on any atom is -0.395 e. The highest BCUT2D eigenvalue weighted by Gasteiger charge is 2.22. The van der Waals surface area contributed by atoms with Gasteiger partial charge in [0.05, 0.1) is 6.61 Å². The van der Waals surface area contributed by atoms with Crippen LogP contribution in [0.3, 0.4) is 0 Å². The van der Waals surface area contributed by atoms with Crippen molar-refractivity contribution in [2.45, 2.75) is 51.6 Å². The Hall–Kier alpha value is -0.610. The molecule has 0 heterocycles. The number of rotatable bonds is 8. The van der Waals surface area contributed by atoms with Crippen molar-refractivity contribution in [3.63, 3.8) is 0 Å². The molecule has 1 unspecified atom stereocenters. The first kappa shape index (κ1) is 13.5. The average molecular weight is 228 g/mol. The van der Waals surface area contributed by atoms with E-state index in [1.165, 1.54) is 0 Å². The van der Waals surface area contributed by atoms with Crippen molar-refractivity contribution in [3.05, 3.63) is 0 Å². The maximum absolute atomic E-state index is 11.4. The molecule has 1 fully saturated rings. The largest absolute Gasteiger partial charge is 0.395 e. The molecule has 94 valence electrons. The summed E-state index contributed by atoms with van der Waals surface area (Å²) in [5.41, 5.74) is 0. The van der Waals surface area contributed by atoms with Gasteiger partial charge in [0.25, 0.3) is 0 Å². The van der Waals surface area contributed by atoms with Crippen molar-refractivity contribution in [2.24, 2.45) is 5.92 Å². The summed E-state index contributed by atoms with van der Waals surface area (Å²) in [4.78, 5) is 11.4. The van der Waals surface area contributed by atoms with Crippen LogP contribution in [0.5, 0.6) is 0 Å². The summed E-state index contributed by atoms with van der Waals surface area (Å²) in [6.07, 6.45) is 3.71. The van der Waals surface area contributed by atoms with E-state index in [0.717, 1.165) is 19.3 Å². The van der Waals surface area contributed by atoms with Crippen LogP contribution in [0.15, 0.2) is 0 Å². The lowest BCUT2D eigenvalue weighted by Crippen LogP contribution is -2.37. The van der Waals surface area contributed by atoms with E-state index in [9.17, 15) is 4.79 Å². The van der Waals surface area contributed by atoms with Gasteiger partial charge in [-0.05, 0) is 25.2 Å². The maximum atomic E-state index is 11.4. The third-order valence-corrected chi connectivity index (χ3v) is 2.70. The lowest BCUT2D eigenvalue weighted by atomic mass is 10.0. The molecule has 1 amide bonds. The van der Waals surface area contributed by atoms with Gasteiger partial charge in [-0.2, -0.15) is 0 Å². The van der Waals surface area contributed by atoms with E-state index in [-0.39, 0.29) is 18.6 Å². The predicted molar refractivity (Wildman–Crippen MR) is 64.1 cm³/mol. The first-order chi connectivity index (χ1) is 7.61. The summed E-state index contributed by atoms with van der Waals surface area (Å²) in [7, 11) is 0. The minimum absolute atomic E-state index is 0.119. The summed E-state index contributed by atoms with van der Waals surface area (Å²) in [5, 5.41) is 15.3. The normalized spacial score (nSPS) is 17.5. The molecule has 1 aliphatic carbocycles. The Morgan fingerprint density at radius 2 is 2.12 bits per heavy atom. The van der Waals surface area contributed by atoms with Crippen LogP contribution in [-0.4, -0.2) is 36.2 Å². The molecule has 4 nitrogen and oxygen atoms in total. The third kappa shape index (κ3) is 6.08. The van der Waals surface area contributed by atoms with Gasteiger partial charge in [0.1, 0.15) is 0 Å². The van der Waals surface area contributed by atoms with Gasteiger partial charge in [0.2, 0.25) is 5.91 Å². The van der Waals surface area contributed by atoms with Crippen LogP contribution in [0.4, 0.5) is 0 Å². The molecule has 1 rings (SSSR count). The lowest BCUT2D eigenvalue weighted by Gasteiger charge is -2.18. The van der Waals surface area contributed by atoms with Crippen molar-refractivity contribution in [1.82, 2.24) is 10.6 Å². The highest BCUT2D eigenvalue weighted by atomic mass is 16.3. The quantitative estimate of drug-likeness (QED) is 0.572. The fourth-order valence-electron chi connectivity index (χ4n) is 1.71. The van der Waals surface area contributed by atoms with Crippen molar-refractivity contribution >= 4 is 5.91 Å². The van der Waals surface area contributed by atoms with Gasteiger partial charge in [-0.3, -0.25) is 4.79 Å². The van der Waals surface area contributed by atoms with Gasteiger partial charge < -0.3 is 15.7 Å². The minimum atomic E-state index is 0.119.